The molecule has 0 spiro atoms. The zero-order valence-corrected chi connectivity index (χ0v) is 14.2. The van der Waals surface area contributed by atoms with E-state index in [4.69, 9.17) is 4.74 Å². The SMILES string of the molecule is CC(C)[C@H]1COC(c2ccccc2N[S@@](=O)C(C)(C)C)=N1. The van der Waals surface area contributed by atoms with Crippen LogP contribution >= 0.6 is 0 Å². The maximum atomic E-state index is 12.3. The van der Waals surface area contributed by atoms with Gasteiger partial charge in [-0.15, -0.1) is 0 Å². The largest absolute Gasteiger partial charge is 0.475 e. The van der Waals surface area contributed by atoms with Crippen molar-refractivity contribution in [3.63, 3.8) is 0 Å². The second-order valence-corrected chi connectivity index (χ2v) is 8.55. The third-order valence-electron chi connectivity index (χ3n) is 3.36. The van der Waals surface area contributed by atoms with Gasteiger partial charge in [-0.2, -0.15) is 0 Å². The van der Waals surface area contributed by atoms with Crippen LogP contribution < -0.4 is 4.72 Å². The maximum absolute atomic E-state index is 12.3. The molecule has 1 aliphatic rings. The van der Waals surface area contributed by atoms with Gasteiger partial charge in [0, 0.05) is 0 Å². The highest BCUT2D eigenvalue weighted by Crippen LogP contribution is 2.24. The highest BCUT2D eigenvalue weighted by molar-refractivity contribution is 7.87. The molecule has 0 aliphatic carbocycles. The molecule has 1 aliphatic heterocycles. The fourth-order valence-corrected chi connectivity index (χ4v) is 2.57. The summed E-state index contributed by atoms with van der Waals surface area (Å²) in [5, 5.41) is 0. The third-order valence-corrected chi connectivity index (χ3v) is 4.88. The van der Waals surface area contributed by atoms with Crippen LogP contribution in [0.15, 0.2) is 29.3 Å². The van der Waals surface area contributed by atoms with Crippen LogP contribution in [0.1, 0.15) is 40.2 Å². The van der Waals surface area contributed by atoms with Crippen molar-refractivity contribution in [3.05, 3.63) is 29.8 Å². The van der Waals surface area contributed by atoms with Gasteiger partial charge >= 0.3 is 0 Å². The highest BCUT2D eigenvalue weighted by atomic mass is 32.2. The van der Waals surface area contributed by atoms with Gasteiger partial charge in [-0.05, 0) is 38.8 Å². The number of benzene rings is 1. The number of hydrogen-bond donors (Lipinski definition) is 1. The van der Waals surface area contributed by atoms with Gasteiger partial charge in [0.15, 0.2) is 0 Å². The van der Waals surface area contributed by atoms with Gasteiger partial charge in [-0.1, -0.05) is 26.0 Å². The molecule has 1 N–H and O–H groups in total. The summed E-state index contributed by atoms with van der Waals surface area (Å²) in [6.07, 6.45) is 0. The minimum absolute atomic E-state index is 0.196. The summed E-state index contributed by atoms with van der Waals surface area (Å²) in [4.78, 5) is 4.64. The third kappa shape index (κ3) is 3.84. The lowest BCUT2D eigenvalue weighted by Crippen LogP contribution is -2.28. The Morgan fingerprint density at radius 3 is 2.57 bits per heavy atom. The quantitative estimate of drug-likeness (QED) is 0.927. The summed E-state index contributed by atoms with van der Waals surface area (Å²) < 4.78 is 20.8. The molecule has 116 valence electrons. The lowest BCUT2D eigenvalue weighted by Gasteiger charge is -2.20. The Labute approximate surface area is 129 Å². The molecule has 5 heteroatoms. The van der Waals surface area contributed by atoms with Crippen LogP contribution in [0, 0.1) is 5.92 Å². The molecular formula is C16H24N2O2S. The van der Waals surface area contributed by atoms with Crippen molar-refractivity contribution >= 4 is 22.6 Å². The first-order chi connectivity index (χ1) is 9.79. The van der Waals surface area contributed by atoms with Gasteiger partial charge in [0.2, 0.25) is 5.90 Å². The molecule has 0 saturated heterocycles. The summed E-state index contributed by atoms with van der Waals surface area (Å²) >= 11 is 0. The number of nitrogens with one attached hydrogen (secondary N) is 1. The Morgan fingerprint density at radius 2 is 2.00 bits per heavy atom. The van der Waals surface area contributed by atoms with Crippen LogP contribution in [-0.2, 0) is 15.7 Å². The molecule has 0 saturated carbocycles. The van der Waals surface area contributed by atoms with Gasteiger partial charge in [0.25, 0.3) is 0 Å². The smallest absolute Gasteiger partial charge is 0.218 e. The van der Waals surface area contributed by atoms with Gasteiger partial charge in [-0.25, -0.2) is 9.20 Å². The fraction of sp³-hybridized carbons (Fsp3) is 0.562. The predicted octanol–water partition coefficient (Wildman–Crippen LogP) is 3.36. The molecule has 0 fully saturated rings. The number of rotatable bonds is 4. The van der Waals surface area contributed by atoms with E-state index in [2.05, 4.69) is 23.6 Å². The van der Waals surface area contributed by atoms with Crippen molar-refractivity contribution in [2.75, 3.05) is 11.3 Å². The first kappa shape index (κ1) is 16.0. The second-order valence-electron chi connectivity index (χ2n) is 6.59. The molecule has 1 heterocycles. The normalized spacial score (nSPS) is 20.1. The molecule has 21 heavy (non-hydrogen) atoms. The Hall–Kier alpha value is -1.36. The summed E-state index contributed by atoms with van der Waals surface area (Å²) in [6.45, 7) is 10.7. The summed E-state index contributed by atoms with van der Waals surface area (Å²) in [5.74, 6) is 1.09. The van der Waals surface area contributed by atoms with Crippen LogP contribution in [0.4, 0.5) is 5.69 Å². The summed E-state index contributed by atoms with van der Waals surface area (Å²) in [5.41, 5.74) is 1.67. The Balaban J connectivity index is 2.26. The van der Waals surface area contributed by atoms with E-state index in [1.54, 1.807) is 0 Å². The highest BCUT2D eigenvalue weighted by Gasteiger charge is 2.26. The minimum atomic E-state index is -1.18. The van der Waals surface area contributed by atoms with Crippen molar-refractivity contribution in [2.24, 2.45) is 10.9 Å². The average Bonchev–Trinajstić information content (AvgIpc) is 2.88. The second kappa shape index (κ2) is 6.18. The van der Waals surface area contributed by atoms with Gasteiger partial charge in [-0.3, -0.25) is 0 Å². The van der Waals surface area contributed by atoms with E-state index in [1.807, 2.05) is 45.0 Å². The molecule has 1 aromatic carbocycles. The van der Waals surface area contributed by atoms with Gasteiger partial charge < -0.3 is 9.46 Å². The van der Waals surface area contributed by atoms with Crippen molar-refractivity contribution in [1.29, 1.82) is 0 Å². The molecule has 0 aromatic heterocycles. The van der Waals surface area contributed by atoms with Gasteiger partial charge in [0.1, 0.15) is 17.6 Å². The number of aliphatic imine (C=N–C) groups is 1. The average molecular weight is 308 g/mol. The lowest BCUT2D eigenvalue weighted by molar-refractivity contribution is 0.292. The predicted molar refractivity (Wildman–Crippen MR) is 89.1 cm³/mol. The molecule has 2 atom stereocenters. The lowest BCUT2D eigenvalue weighted by atomic mass is 10.1. The topological polar surface area (TPSA) is 50.7 Å². The van der Waals surface area contributed by atoms with Crippen LogP contribution in [0.5, 0.6) is 0 Å². The minimum Gasteiger partial charge on any atom is -0.475 e. The Bertz CT molecular complexity index is 562. The number of para-hydroxylation sites is 1. The van der Waals surface area contributed by atoms with Crippen molar-refractivity contribution in [2.45, 2.75) is 45.4 Å². The van der Waals surface area contributed by atoms with E-state index in [0.717, 1.165) is 11.3 Å². The molecule has 2 rings (SSSR count). The zero-order chi connectivity index (χ0) is 15.6. The molecule has 4 nitrogen and oxygen atoms in total. The van der Waals surface area contributed by atoms with Gasteiger partial charge in [0.05, 0.1) is 22.0 Å². The molecular weight excluding hydrogens is 284 g/mol. The Morgan fingerprint density at radius 1 is 1.33 bits per heavy atom. The van der Waals surface area contributed by atoms with Crippen LogP contribution in [-0.4, -0.2) is 27.5 Å². The van der Waals surface area contributed by atoms with Crippen molar-refractivity contribution in [1.82, 2.24) is 0 Å². The van der Waals surface area contributed by atoms with E-state index < -0.39 is 11.0 Å². The standard InChI is InChI=1S/C16H24N2O2S/c1-11(2)14-10-20-15(17-14)12-8-6-7-9-13(12)18-21(19)16(3,4)5/h6-9,11,14,18H,10H2,1-5H3/t14-,21+/m1/s1. The van der Waals surface area contributed by atoms with Crippen LogP contribution in [0.25, 0.3) is 0 Å². The van der Waals surface area contributed by atoms with E-state index >= 15 is 0 Å². The maximum Gasteiger partial charge on any atom is 0.218 e. The molecule has 0 radical (unpaired) electrons. The van der Waals surface area contributed by atoms with Crippen LogP contribution in [0.3, 0.4) is 0 Å². The zero-order valence-electron chi connectivity index (χ0n) is 13.3. The molecule has 0 bridgehead atoms. The number of anilines is 1. The van der Waals surface area contributed by atoms with Crippen molar-refractivity contribution in [3.8, 4) is 0 Å². The van der Waals surface area contributed by atoms with E-state index in [-0.39, 0.29) is 10.8 Å². The van der Waals surface area contributed by atoms with Crippen LogP contribution in [0.2, 0.25) is 0 Å². The van der Waals surface area contributed by atoms with E-state index in [9.17, 15) is 4.21 Å². The number of nitrogens with zero attached hydrogens (tertiary/aromatic N) is 1. The summed E-state index contributed by atoms with van der Waals surface area (Å²) in [6, 6.07) is 7.91. The fourth-order valence-electron chi connectivity index (χ4n) is 1.89. The Kier molecular flexibility index (Phi) is 4.71. The summed E-state index contributed by atoms with van der Waals surface area (Å²) in [7, 11) is -1.18. The molecule has 0 amide bonds. The van der Waals surface area contributed by atoms with E-state index in [0.29, 0.717) is 18.4 Å². The van der Waals surface area contributed by atoms with Crippen molar-refractivity contribution < 1.29 is 8.95 Å². The molecule has 0 unspecified atom stereocenters. The number of hydrogen-bond acceptors (Lipinski definition) is 3. The monoisotopic (exact) mass is 308 g/mol. The molecule has 1 aromatic rings. The van der Waals surface area contributed by atoms with E-state index in [1.165, 1.54) is 0 Å². The first-order valence-electron chi connectivity index (χ1n) is 7.27. The first-order valence-corrected chi connectivity index (χ1v) is 8.42. The number of ether oxygens (including phenoxy) is 1.